The Morgan fingerprint density at radius 2 is 1.63 bits per heavy atom. The number of carbonyl (C=O) groups excluding carboxylic acids is 2. The Bertz CT molecular complexity index is 1420. The van der Waals surface area contributed by atoms with Gasteiger partial charge in [-0.2, -0.15) is 0 Å². The number of benzene rings is 3. The van der Waals surface area contributed by atoms with Crippen molar-refractivity contribution < 1.29 is 22.7 Å². The maximum Gasteiger partial charge on any atom is 0.264 e. The van der Waals surface area contributed by atoms with Gasteiger partial charge in [0.05, 0.1) is 27.7 Å². The normalized spacial score (nSPS) is 11.9. The monoisotopic (exact) mass is 619 g/mol. The highest BCUT2D eigenvalue weighted by Crippen LogP contribution is 2.28. The van der Waals surface area contributed by atoms with Crippen LogP contribution in [0.25, 0.3) is 0 Å². The lowest BCUT2D eigenvalue weighted by Crippen LogP contribution is -2.52. The van der Waals surface area contributed by atoms with Crippen LogP contribution in [0.15, 0.2) is 77.7 Å². The zero-order chi connectivity index (χ0) is 30.0. The Morgan fingerprint density at radius 3 is 2.22 bits per heavy atom. The van der Waals surface area contributed by atoms with Crippen LogP contribution in [0.5, 0.6) is 5.75 Å². The zero-order valence-corrected chi connectivity index (χ0v) is 25.7. The number of rotatable bonds is 14. The minimum absolute atomic E-state index is 0.0251. The van der Waals surface area contributed by atoms with Crippen molar-refractivity contribution in [3.8, 4) is 5.75 Å². The molecule has 220 valence electrons. The number of methoxy groups -OCH3 is 1. The predicted molar refractivity (Wildman–Crippen MR) is 163 cm³/mol. The fourth-order valence-electron chi connectivity index (χ4n) is 4.26. The fraction of sp³-hybridized carbons (Fsp3) is 0.333. The molecule has 0 unspecified atom stereocenters. The molecule has 0 aliphatic carbocycles. The van der Waals surface area contributed by atoms with Crippen molar-refractivity contribution in [2.24, 2.45) is 0 Å². The van der Waals surface area contributed by atoms with Crippen molar-refractivity contribution in [3.05, 3.63) is 88.4 Å². The number of unbranched alkanes of at least 4 members (excludes halogenated alkanes) is 1. The molecule has 0 radical (unpaired) electrons. The average Bonchev–Trinajstić information content (AvgIpc) is 2.98. The summed E-state index contributed by atoms with van der Waals surface area (Å²) in [6, 6.07) is 18.4. The van der Waals surface area contributed by atoms with Gasteiger partial charge in [0.25, 0.3) is 10.0 Å². The second-order valence-electron chi connectivity index (χ2n) is 9.36. The molecule has 0 spiro atoms. The first kappa shape index (κ1) is 32.2. The first-order valence-corrected chi connectivity index (χ1v) is 15.5. The van der Waals surface area contributed by atoms with E-state index < -0.39 is 28.5 Å². The van der Waals surface area contributed by atoms with Crippen LogP contribution in [0.3, 0.4) is 0 Å². The van der Waals surface area contributed by atoms with Crippen LogP contribution < -0.4 is 14.4 Å². The summed E-state index contributed by atoms with van der Waals surface area (Å²) < 4.78 is 34.0. The highest BCUT2D eigenvalue weighted by Gasteiger charge is 2.33. The number of nitrogens with one attached hydrogen (secondary N) is 1. The molecule has 0 saturated heterocycles. The van der Waals surface area contributed by atoms with Crippen LogP contribution in [0, 0.1) is 0 Å². The van der Waals surface area contributed by atoms with Crippen molar-refractivity contribution in [3.63, 3.8) is 0 Å². The summed E-state index contributed by atoms with van der Waals surface area (Å²) >= 11 is 12.3. The molecule has 1 N–H and O–H groups in total. The molecule has 3 rings (SSSR count). The second-order valence-corrected chi connectivity index (χ2v) is 12.0. The van der Waals surface area contributed by atoms with E-state index in [0.29, 0.717) is 34.3 Å². The Balaban J connectivity index is 2.04. The molecule has 8 nitrogen and oxygen atoms in total. The van der Waals surface area contributed by atoms with Gasteiger partial charge in [0.15, 0.2) is 0 Å². The number of carbonyl (C=O) groups is 2. The highest BCUT2D eigenvalue weighted by molar-refractivity contribution is 7.92. The van der Waals surface area contributed by atoms with E-state index in [1.54, 1.807) is 67.6 Å². The number of anilines is 1. The Kier molecular flexibility index (Phi) is 11.9. The van der Waals surface area contributed by atoms with Gasteiger partial charge < -0.3 is 15.0 Å². The topological polar surface area (TPSA) is 96.0 Å². The van der Waals surface area contributed by atoms with Gasteiger partial charge in [-0.25, -0.2) is 8.42 Å². The summed E-state index contributed by atoms with van der Waals surface area (Å²) in [4.78, 5) is 28.8. The number of nitrogens with zero attached hydrogens (tertiary/aromatic N) is 2. The zero-order valence-electron chi connectivity index (χ0n) is 23.3. The van der Waals surface area contributed by atoms with E-state index in [1.807, 2.05) is 6.92 Å². The fourth-order valence-corrected chi connectivity index (χ4v) is 6.01. The van der Waals surface area contributed by atoms with Gasteiger partial charge in [-0.1, -0.05) is 67.7 Å². The van der Waals surface area contributed by atoms with Crippen LogP contribution in [-0.4, -0.2) is 51.4 Å². The van der Waals surface area contributed by atoms with Crippen LogP contribution in [-0.2, 0) is 26.2 Å². The lowest BCUT2D eigenvalue weighted by Gasteiger charge is -2.33. The number of amides is 2. The molecular formula is C30H35Cl2N3O5S. The Labute approximate surface area is 252 Å². The predicted octanol–water partition coefficient (Wildman–Crippen LogP) is 5.92. The second kappa shape index (κ2) is 15.1. The van der Waals surface area contributed by atoms with Gasteiger partial charge in [-0.15, -0.1) is 0 Å². The number of ether oxygens (including phenoxy) is 1. The smallest absolute Gasteiger partial charge is 0.264 e. The highest BCUT2D eigenvalue weighted by atomic mass is 35.5. The maximum atomic E-state index is 14.1. The van der Waals surface area contributed by atoms with E-state index in [1.165, 1.54) is 24.1 Å². The van der Waals surface area contributed by atoms with Crippen molar-refractivity contribution in [2.75, 3.05) is 24.5 Å². The molecule has 0 heterocycles. The van der Waals surface area contributed by atoms with Gasteiger partial charge in [0.2, 0.25) is 11.8 Å². The van der Waals surface area contributed by atoms with E-state index in [2.05, 4.69) is 5.32 Å². The summed E-state index contributed by atoms with van der Waals surface area (Å²) in [6.07, 6.45) is 2.01. The molecular weight excluding hydrogens is 585 g/mol. The van der Waals surface area contributed by atoms with Gasteiger partial charge in [0, 0.05) is 13.1 Å². The van der Waals surface area contributed by atoms with Crippen molar-refractivity contribution >= 4 is 50.7 Å². The quantitative estimate of drug-likeness (QED) is 0.226. The third kappa shape index (κ3) is 8.38. The summed E-state index contributed by atoms with van der Waals surface area (Å²) in [5, 5.41) is 3.57. The number of hydrogen-bond donors (Lipinski definition) is 1. The van der Waals surface area contributed by atoms with Crippen LogP contribution in [0.2, 0.25) is 10.0 Å². The Morgan fingerprint density at radius 1 is 0.951 bits per heavy atom. The van der Waals surface area contributed by atoms with E-state index in [4.69, 9.17) is 27.9 Å². The van der Waals surface area contributed by atoms with E-state index in [0.717, 1.165) is 17.1 Å². The van der Waals surface area contributed by atoms with Crippen molar-refractivity contribution in [2.45, 2.75) is 50.6 Å². The molecule has 0 saturated carbocycles. The van der Waals surface area contributed by atoms with Crippen LogP contribution in [0.4, 0.5) is 5.69 Å². The lowest BCUT2D eigenvalue weighted by molar-refractivity contribution is -0.140. The SMILES string of the molecule is CCCCNC(=O)[C@H](CC)N(Cc1ccc(Cl)c(Cl)c1)C(=O)CN(c1ccc(OC)cc1)S(=O)(=O)c1ccccc1. The summed E-state index contributed by atoms with van der Waals surface area (Å²) in [5.74, 6) is -0.326. The van der Waals surface area contributed by atoms with Crippen LogP contribution >= 0.6 is 23.2 Å². The van der Waals surface area contributed by atoms with Gasteiger partial charge in [0.1, 0.15) is 18.3 Å². The molecule has 3 aromatic carbocycles. The molecule has 0 aliphatic rings. The van der Waals surface area contributed by atoms with Gasteiger partial charge in [-0.05, 0) is 66.9 Å². The van der Waals surface area contributed by atoms with Crippen molar-refractivity contribution in [1.29, 1.82) is 0 Å². The van der Waals surface area contributed by atoms with Gasteiger partial charge in [-0.3, -0.25) is 13.9 Å². The van der Waals surface area contributed by atoms with E-state index >= 15 is 0 Å². The maximum absolute atomic E-state index is 14.1. The molecule has 0 bridgehead atoms. The summed E-state index contributed by atoms with van der Waals surface area (Å²) in [5.41, 5.74) is 0.924. The molecule has 1 atom stereocenters. The first-order chi connectivity index (χ1) is 19.6. The molecule has 3 aromatic rings. The summed E-state index contributed by atoms with van der Waals surface area (Å²) in [7, 11) is -2.64. The Hall–Kier alpha value is -3.27. The van der Waals surface area contributed by atoms with Gasteiger partial charge >= 0.3 is 0 Å². The standard InChI is InChI=1S/C30H35Cl2N3O5S/c1-4-6-18-33-30(37)28(5-2)34(20-22-12-17-26(31)27(32)19-22)29(36)21-35(23-13-15-24(40-3)16-14-23)41(38,39)25-10-8-7-9-11-25/h7-17,19,28H,4-6,18,20-21H2,1-3H3,(H,33,37)/t28-/m0/s1. The number of halogens is 2. The minimum Gasteiger partial charge on any atom is -0.497 e. The average molecular weight is 621 g/mol. The molecule has 11 heteroatoms. The van der Waals surface area contributed by atoms with E-state index in [-0.39, 0.29) is 23.0 Å². The number of hydrogen-bond acceptors (Lipinski definition) is 5. The molecule has 2 amide bonds. The molecule has 0 aliphatic heterocycles. The summed E-state index contributed by atoms with van der Waals surface area (Å²) in [6.45, 7) is 3.79. The minimum atomic E-state index is -4.15. The van der Waals surface area contributed by atoms with Crippen LogP contribution in [0.1, 0.15) is 38.7 Å². The lowest BCUT2D eigenvalue weighted by atomic mass is 10.1. The third-order valence-corrected chi connectivity index (χ3v) is 9.05. The third-order valence-electron chi connectivity index (χ3n) is 6.52. The first-order valence-electron chi connectivity index (χ1n) is 13.3. The molecule has 41 heavy (non-hydrogen) atoms. The largest absolute Gasteiger partial charge is 0.497 e. The van der Waals surface area contributed by atoms with E-state index in [9.17, 15) is 18.0 Å². The number of sulfonamides is 1. The van der Waals surface area contributed by atoms with Crippen molar-refractivity contribution in [1.82, 2.24) is 10.2 Å². The molecule has 0 aromatic heterocycles. The molecule has 0 fully saturated rings.